The van der Waals surface area contributed by atoms with E-state index in [9.17, 15) is 18.0 Å². The van der Waals surface area contributed by atoms with Crippen molar-refractivity contribution in [2.24, 2.45) is 11.7 Å². The lowest BCUT2D eigenvalue weighted by molar-refractivity contribution is -0.138. The van der Waals surface area contributed by atoms with Crippen LogP contribution in [0.2, 0.25) is 0 Å². The predicted octanol–water partition coefficient (Wildman–Crippen LogP) is 4.39. The van der Waals surface area contributed by atoms with Crippen LogP contribution in [0, 0.1) is 19.8 Å². The third kappa shape index (κ3) is 4.69. The molecular formula is C26H29F3N6O. The molecule has 0 bridgehead atoms. The lowest BCUT2D eigenvalue weighted by Gasteiger charge is -2.36. The summed E-state index contributed by atoms with van der Waals surface area (Å²) in [5.41, 5.74) is 7.77. The van der Waals surface area contributed by atoms with Crippen molar-refractivity contribution in [1.82, 2.24) is 15.1 Å². The number of amides is 1. The molecule has 1 atom stereocenters. The number of fused-ring (bicyclic) bond motifs is 1. The van der Waals surface area contributed by atoms with E-state index >= 15 is 0 Å². The van der Waals surface area contributed by atoms with Gasteiger partial charge in [0.05, 0.1) is 11.3 Å². The maximum atomic E-state index is 13.4. The first-order valence-corrected chi connectivity index (χ1v) is 12.1. The average molecular weight is 499 g/mol. The van der Waals surface area contributed by atoms with Crippen molar-refractivity contribution in [3.8, 4) is 0 Å². The number of carbonyl (C=O) groups excluding carboxylic acids is 1. The summed E-state index contributed by atoms with van der Waals surface area (Å²) in [6, 6.07) is 10.00. The molecule has 1 saturated heterocycles. The molecule has 190 valence electrons. The number of piperazine rings is 1. The monoisotopic (exact) mass is 498 g/mol. The molecule has 1 saturated carbocycles. The fourth-order valence-corrected chi connectivity index (χ4v) is 4.88. The summed E-state index contributed by atoms with van der Waals surface area (Å²) in [6.07, 6.45) is -3.37. The van der Waals surface area contributed by atoms with E-state index in [2.05, 4.69) is 20.4 Å². The molecule has 0 unspecified atom stereocenters. The molecule has 1 aliphatic carbocycles. The molecule has 3 aromatic rings. The maximum Gasteiger partial charge on any atom is 0.416 e. The average Bonchev–Trinajstić information content (AvgIpc) is 3.70. The minimum atomic E-state index is -4.46. The van der Waals surface area contributed by atoms with Gasteiger partial charge in [0.25, 0.3) is 0 Å². The number of nitrogens with two attached hydrogens (primary N) is 1. The number of nitrogens with zero attached hydrogens (tertiary/aromatic N) is 4. The first kappa shape index (κ1) is 24.3. The van der Waals surface area contributed by atoms with Crippen LogP contribution in [-0.2, 0) is 11.0 Å². The van der Waals surface area contributed by atoms with E-state index in [-0.39, 0.29) is 17.4 Å². The van der Waals surface area contributed by atoms with E-state index in [0.717, 1.165) is 54.2 Å². The van der Waals surface area contributed by atoms with Crippen LogP contribution in [0.15, 0.2) is 36.4 Å². The number of alkyl halides is 3. The minimum Gasteiger partial charge on any atom is -0.368 e. The quantitative estimate of drug-likeness (QED) is 0.508. The number of anilines is 2. The summed E-state index contributed by atoms with van der Waals surface area (Å²) >= 11 is 0. The zero-order valence-corrected chi connectivity index (χ0v) is 20.3. The standard InChI is InChI=1S/C26H29F3N6O/c1-15-19(4-3-5-22(15)26(27,28)29)23(30)31-24-21-14-18(8-9-20(21)16(2)32-33-24)34-10-12-35(13-11-34)25(36)17-6-7-17/h3-5,8-9,14,17,23H,6-7,10-13,30H2,1-2H3,(H,31,33)/t23-/m0/s1. The molecule has 5 rings (SSSR count). The summed E-state index contributed by atoms with van der Waals surface area (Å²) in [7, 11) is 0. The van der Waals surface area contributed by atoms with E-state index in [1.807, 2.05) is 30.0 Å². The van der Waals surface area contributed by atoms with Crippen LogP contribution in [0.3, 0.4) is 0 Å². The van der Waals surface area contributed by atoms with Gasteiger partial charge in [-0.05, 0) is 56.0 Å². The van der Waals surface area contributed by atoms with Gasteiger partial charge in [0, 0.05) is 48.6 Å². The molecule has 10 heteroatoms. The van der Waals surface area contributed by atoms with Gasteiger partial charge < -0.3 is 20.9 Å². The Hall–Kier alpha value is -3.40. The van der Waals surface area contributed by atoms with Crippen molar-refractivity contribution in [3.05, 3.63) is 58.8 Å². The van der Waals surface area contributed by atoms with Crippen LogP contribution in [0.4, 0.5) is 24.7 Å². The summed E-state index contributed by atoms with van der Waals surface area (Å²) < 4.78 is 40.2. The molecule has 2 fully saturated rings. The van der Waals surface area contributed by atoms with Crippen molar-refractivity contribution < 1.29 is 18.0 Å². The number of aromatic nitrogens is 2. The first-order valence-electron chi connectivity index (χ1n) is 12.1. The van der Waals surface area contributed by atoms with Crippen LogP contribution >= 0.6 is 0 Å². The highest BCUT2D eigenvalue weighted by Gasteiger charge is 2.35. The van der Waals surface area contributed by atoms with E-state index < -0.39 is 17.9 Å². The number of hydrogen-bond donors (Lipinski definition) is 2. The number of aryl methyl sites for hydroxylation is 1. The Morgan fingerprint density at radius 1 is 1.06 bits per heavy atom. The van der Waals surface area contributed by atoms with Crippen LogP contribution in [0.1, 0.15) is 41.4 Å². The molecule has 2 heterocycles. The van der Waals surface area contributed by atoms with Crippen molar-refractivity contribution >= 4 is 28.2 Å². The van der Waals surface area contributed by atoms with Crippen molar-refractivity contribution in [2.75, 3.05) is 36.4 Å². The van der Waals surface area contributed by atoms with Crippen LogP contribution in [-0.4, -0.2) is 47.2 Å². The number of rotatable bonds is 5. The van der Waals surface area contributed by atoms with Gasteiger partial charge in [-0.3, -0.25) is 4.79 Å². The van der Waals surface area contributed by atoms with Gasteiger partial charge in [-0.2, -0.15) is 18.3 Å². The lowest BCUT2D eigenvalue weighted by atomic mass is 10.00. The second-order valence-corrected chi connectivity index (χ2v) is 9.59. The Kier molecular flexibility index (Phi) is 6.23. The highest BCUT2D eigenvalue weighted by Crippen LogP contribution is 2.36. The lowest BCUT2D eigenvalue weighted by Crippen LogP contribution is -2.49. The molecule has 2 aromatic carbocycles. The Labute approximate surface area is 207 Å². The van der Waals surface area contributed by atoms with Crippen molar-refractivity contribution in [1.29, 1.82) is 0 Å². The van der Waals surface area contributed by atoms with Gasteiger partial charge in [-0.25, -0.2) is 0 Å². The Morgan fingerprint density at radius 3 is 2.44 bits per heavy atom. The van der Waals surface area contributed by atoms with Gasteiger partial charge in [-0.15, -0.1) is 5.10 Å². The van der Waals surface area contributed by atoms with Gasteiger partial charge >= 0.3 is 6.18 Å². The topological polar surface area (TPSA) is 87.4 Å². The molecule has 7 nitrogen and oxygen atoms in total. The van der Waals surface area contributed by atoms with Gasteiger partial charge in [-0.1, -0.05) is 18.2 Å². The van der Waals surface area contributed by atoms with Gasteiger partial charge in [0.2, 0.25) is 5.91 Å². The normalized spacial score (nSPS) is 17.4. The summed E-state index contributed by atoms with van der Waals surface area (Å²) in [6.45, 7) is 6.11. The van der Waals surface area contributed by atoms with Crippen molar-refractivity contribution in [3.63, 3.8) is 0 Å². The fourth-order valence-electron chi connectivity index (χ4n) is 4.88. The second-order valence-electron chi connectivity index (χ2n) is 9.59. The molecule has 0 spiro atoms. The first-order chi connectivity index (χ1) is 17.1. The van der Waals surface area contributed by atoms with Gasteiger partial charge in [0.15, 0.2) is 5.82 Å². The van der Waals surface area contributed by atoms with Crippen molar-refractivity contribution in [2.45, 2.75) is 39.0 Å². The number of hydrogen-bond acceptors (Lipinski definition) is 6. The molecule has 2 aliphatic rings. The number of benzene rings is 2. The van der Waals surface area contributed by atoms with E-state index in [4.69, 9.17) is 5.73 Å². The Balaban J connectivity index is 1.40. The fraction of sp³-hybridized carbons (Fsp3) is 0.423. The highest BCUT2D eigenvalue weighted by atomic mass is 19.4. The second kappa shape index (κ2) is 9.24. The van der Waals surface area contributed by atoms with E-state index in [1.54, 1.807) is 6.07 Å². The largest absolute Gasteiger partial charge is 0.416 e. The van der Waals surface area contributed by atoms with Crippen LogP contribution in [0.5, 0.6) is 0 Å². The number of halogens is 3. The summed E-state index contributed by atoms with van der Waals surface area (Å²) in [5.74, 6) is 0.894. The molecule has 3 N–H and O–H groups in total. The number of carbonyl (C=O) groups is 1. The molecular weight excluding hydrogens is 469 g/mol. The third-order valence-electron chi connectivity index (χ3n) is 7.14. The highest BCUT2D eigenvalue weighted by molar-refractivity contribution is 5.95. The minimum absolute atomic E-state index is 0.0775. The predicted molar refractivity (Wildman–Crippen MR) is 133 cm³/mol. The smallest absolute Gasteiger partial charge is 0.368 e. The SMILES string of the molecule is Cc1c([C@@H](N)Nc2nnc(C)c3ccc(N4CCN(C(=O)C5CC5)CC4)cc23)cccc1C(F)(F)F. The summed E-state index contributed by atoms with van der Waals surface area (Å²) in [4.78, 5) is 16.6. The van der Waals surface area contributed by atoms with E-state index in [0.29, 0.717) is 24.5 Å². The van der Waals surface area contributed by atoms with Gasteiger partial charge in [0.1, 0.15) is 6.17 Å². The molecule has 36 heavy (non-hydrogen) atoms. The number of nitrogens with one attached hydrogen (secondary N) is 1. The zero-order chi connectivity index (χ0) is 25.6. The van der Waals surface area contributed by atoms with Crippen LogP contribution in [0.25, 0.3) is 10.8 Å². The van der Waals surface area contributed by atoms with Crippen LogP contribution < -0.4 is 16.0 Å². The molecule has 0 radical (unpaired) electrons. The van der Waals surface area contributed by atoms with E-state index in [1.165, 1.54) is 13.0 Å². The third-order valence-corrected chi connectivity index (χ3v) is 7.14. The molecule has 1 aromatic heterocycles. The zero-order valence-electron chi connectivity index (χ0n) is 20.3. The molecule has 1 aliphatic heterocycles. The Bertz CT molecular complexity index is 1300. The Morgan fingerprint density at radius 2 is 1.78 bits per heavy atom. The molecule has 1 amide bonds. The maximum absolute atomic E-state index is 13.4. The summed E-state index contributed by atoms with van der Waals surface area (Å²) in [5, 5.41) is 13.3.